The van der Waals surface area contributed by atoms with Gasteiger partial charge >= 0.3 is 6.01 Å². The summed E-state index contributed by atoms with van der Waals surface area (Å²) in [5, 5.41) is 23.3. The van der Waals surface area contributed by atoms with Gasteiger partial charge in [0, 0.05) is 12.5 Å². The van der Waals surface area contributed by atoms with Crippen LogP contribution in [0.2, 0.25) is 0 Å². The lowest BCUT2D eigenvalue weighted by atomic mass is 9.95. The normalized spacial score (nSPS) is 14.2. The predicted molar refractivity (Wildman–Crippen MR) is 111 cm³/mol. The van der Waals surface area contributed by atoms with Crippen molar-refractivity contribution in [2.24, 2.45) is 0 Å². The van der Waals surface area contributed by atoms with Gasteiger partial charge in [-0.15, -0.1) is 12.3 Å². The molecule has 0 saturated heterocycles. The Morgan fingerprint density at radius 1 is 1.28 bits per heavy atom. The van der Waals surface area contributed by atoms with Crippen LogP contribution in [0, 0.1) is 24.0 Å². The number of terminal acetylenes is 1. The van der Waals surface area contributed by atoms with E-state index in [2.05, 4.69) is 16.2 Å². The van der Waals surface area contributed by atoms with Crippen molar-refractivity contribution < 1.29 is 36.6 Å². The molecule has 12 heteroatoms. The first-order valence-corrected chi connectivity index (χ1v) is 11.4. The highest BCUT2D eigenvalue weighted by Crippen LogP contribution is 2.16. The third kappa shape index (κ3) is 7.92. The summed E-state index contributed by atoms with van der Waals surface area (Å²) in [6, 6.07) is 1.12. The molecule has 9 nitrogen and oxygen atoms in total. The highest BCUT2D eigenvalue weighted by molar-refractivity contribution is 7.91. The van der Waals surface area contributed by atoms with Crippen molar-refractivity contribution in [3.8, 4) is 12.3 Å². The summed E-state index contributed by atoms with van der Waals surface area (Å²) < 4.78 is 56.5. The van der Waals surface area contributed by atoms with Gasteiger partial charge in [-0.2, -0.15) is 4.98 Å². The van der Waals surface area contributed by atoms with Crippen molar-refractivity contribution >= 4 is 21.9 Å². The number of halogens is 2. The number of rotatable bonds is 11. The maximum atomic E-state index is 13.6. The van der Waals surface area contributed by atoms with Gasteiger partial charge in [0.1, 0.15) is 24.0 Å². The van der Waals surface area contributed by atoms with Crippen LogP contribution in [0.15, 0.2) is 28.9 Å². The van der Waals surface area contributed by atoms with Gasteiger partial charge in [-0.3, -0.25) is 4.79 Å². The zero-order valence-corrected chi connectivity index (χ0v) is 17.9. The van der Waals surface area contributed by atoms with Crippen molar-refractivity contribution in [2.75, 3.05) is 11.0 Å². The molecule has 2 aromatic rings. The number of carbonyl (C=O) groups is 1. The Morgan fingerprint density at radius 2 is 1.94 bits per heavy atom. The average molecular weight is 471 g/mol. The first kappa shape index (κ1) is 25.3. The molecular weight excluding hydrogens is 448 g/mol. The fourth-order valence-electron chi connectivity index (χ4n) is 2.92. The molecule has 3 atom stereocenters. The van der Waals surface area contributed by atoms with Crippen LogP contribution in [0.25, 0.3) is 0 Å². The topological polar surface area (TPSA) is 142 Å². The molecule has 32 heavy (non-hydrogen) atoms. The van der Waals surface area contributed by atoms with Crippen LogP contribution in [-0.4, -0.2) is 54.0 Å². The van der Waals surface area contributed by atoms with Gasteiger partial charge in [0.05, 0.1) is 18.4 Å². The van der Waals surface area contributed by atoms with Crippen LogP contribution in [0.1, 0.15) is 35.3 Å². The average Bonchev–Trinajstić information content (AvgIpc) is 3.13. The number of amides is 1. The zero-order valence-electron chi connectivity index (χ0n) is 17.1. The standard InChI is InChI=1S/C20H23F2N3O6S/c1-3-4-5-6-17(26)18(27)15(9-12-7-13(21)10-14(22)8-12)23-19(28)16-11-31-20(24-16)25-32(2,29)30/h1,7-8,10-11,15,17-18,26-27H,4-6,9H2,2H3,(H,23,28)(H,24,25). The predicted octanol–water partition coefficient (Wildman–Crippen LogP) is 1.19. The summed E-state index contributed by atoms with van der Waals surface area (Å²) in [5.41, 5.74) is -0.192. The highest BCUT2D eigenvalue weighted by atomic mass is 32.2. The van der Waals surface area contributed by atoms with E-state index in [9.17, 15) is 32.2 Å². The van der Waals surface area contributed by atoms with Gasteiger partial charge in [0.15, 0.2) is 5.69 Å². The molecule has 0 aliphatic rings. The van der Waals surface area contributed by atoms with Crippen LogP contribution < -0.4 is 10.0 Å². The van der Waals surface area contributed by atoms with Crippen molar-refractivity contribution in [1.82, 2.24) is 10.3 Å². The molecular formula is C20H23F2N3O6S. The number of hydrogen-bond donors (Lipinski definition) is 4. The van der Waals surface area contributed by atoms with E-state index in [0.717, 1.165) is 24.7 Å². The minimum atomic E-state index is -3.69. The summed E-state index contributed by atoms with van der Waals surface area (Å²) in [6.07, 6.45) is 4.81. The van der Waals surface area contributed by atoms with Crippen LogP contribution in [0.5, 0.6) is 0 Å². The largest absolute Gasteiger partial charge is 0.431 e. The van der Waals surface area contributed by atoms with Crippen molar-refractivity contribution in [1.29, 1.82) is 0 Å². The Kier molecular flexibility index (Phi) is 8.71. The molecule has 0 aliphatic heterocycles. The molecule has 0 radical (unpaired) electrons. The Labute approximate surface area is 183 Å². The number of nitrogens with one attached hydrogen (secondary N) is 2. The number of anilines is 1. The van der Waals surface area contributed by atoms with Gasteiger partial charge < -0.3 is 19.9 Å². The van der Waals surface area contributed by atoms with Crippen molar-refractivity contribution in [3.05, 3.63) is 47.4 Å². The summed E-state index contributed by atoms with van der Waals surface area (Å²) in [4.78, 5) is 16.3. The summed E-state index contributed by atoms with van der Waals surface area (Å²) >= 11 is 0. The van der Waals surface area contributed by atoms with Crippen molar-refractivity contribution in [2.45, 2.75) is 43.9 Å². The molecule has 3 unspecified atom stereocenters. The minimum absolute atomic E-state index is 0.127. The lowest BCUT2D eigenvalue weighted by Gasteiger charge is -2.27. The molecule has 4 N–H and O–H groups in total. The van der Waals surface area contributed by atoms with Crippen molar-refractivity contribution in [3.63, 3.8) is 0 Å². The number of aliphatic hydroxyl groups excluding tert-OH is 2. The van der Waals surface area contributed by atoms with E-state index in [1.807, 2.05) is 4.72 Å². The molecule has 0 aliphatic carbocycles. The van der Waals surface area contributed by atoms with E-state index in [1.165, 1.54) is 0 Å². The number of oxazole rings is 1. The molecule has 0 bridgehead atoms. The molecule has 0 fully saturated rings. The highest BCUT2D eigenvalue weighted by Gasteiger charge is 2.29. The van der Waals surface area contributed by atoms with E-state index in [4.69, 9.17) is 10.8 Å². The summed E-state index contributed by atoms with van der Waals surface area (Å²) in [7, 11) is -3.69. The Morgan fingerprint density at radius 3 is 2.53 bits per heavy atom. The molecule has 1 aromatic heterocycles. The maximum Gasteiger partial charge on any atom is 0.309 e. The van der Waals surface area contributed by atoms with E-state index in [0.29, 0.717) is 18.9 Å². The first-order chi connectivity index (χ1) is 15.0. The lowest BCUT2D eigenvalue weighted by molar-refractivity contribution is -0.00792. The second kappa shape index (κ2) is 11.0. The Balaban J connectivity index is 2.21. The Hall–Kier alpha value is -3.01. The second-order valence-corrected chi connectivity index (χ2v) is 8.88. The Bertz CT molecular complexity index is 1060. The number of unbranched alkanes of at least 4 members (excludes halogenated alkanes) is 1. The monoisotopic (exact) mass is 471 g/mol. The third-order valence-corrected chi connectivity index (χ3v) is 4.88. The van der Waals surface area contributed by atoms with Gasteiger partial charge in [0.25, 0.3) is 5.91 Å². The van der Waals surface area contributed by atoms with Gasteiger partial charge in [0.2, 0.25) is 10.0 Å². The molecule has 1 heterocycles. The molecule has 174 valence electrons. The molecule has 1 aromatic carbocycles. The molecule has 0 spiro atoms. The number of hydrogen-bond acceptors (Lipinski definition) is 7. The van der Waals surface area contributed by atoms with E-state index in [-0.39, 0.29) is 24.1 Å². The number of nitrogens with zero attached hydrogens (tertiary/aromatic N) is 1. The van der Waals surface area contributed by atoms with E-state index < -0.39 is 51.8 Å². The fourth-order valence-corrected chi connectivity index (χ4v) is 3.33. The number of carbonyl (C=O) groups excluding carboxylic acids is 1. The van der Waals surface area contributed by atoms with Crippen LogP contribution in [0.4, 0.5) is 14.8 Å². The van der Waals surface area contributed by atoms with Gasteiger partial charge in [-0.1, -0.05) is 0 Å². The number of aliphatic hydroxyl groups is 2. The van der Waals surface area contributed by atoms with Crippen LogP contribution >= 0.6 is 0 Å². The maximum absolute atomic E-state index is 13.6. The summed E-state index contributed by atoms with van der Waals surface area (Å²) in [5.74, 6) is -0.157. The minimum Gasteiger partial charge on any atom is -0.431 e. The van der Waals surface area contributed by atoms with Gasteiger partial charge in [-0.25, -0.2) is 21.9 Å². The lowest BCUT2D eigenvalue weighted by Crippen LogP contribution is -2.50. The van der Waals surface area contributed by atoms with E-state index in [1.54, 1.807) is 0 Å². The summed E-state index contributed by atoms with van der Waals surface area (Å²) in [6.45, 7) is 0. The fraction of sp³-hybridized carbons (Fsp3) is 0.400. The third-order valence-electron chi connectivity index (χ3n) is 4.33. The molecule has 0 saturated carbocycles. The second-order valence-electron chi connectivity index (χ2n) is 7.13. The van der Waals surface area contributed by atoms with Crippen LogP contribution in [-0.2, 0) is 16.4 Å². The van der Waals surface area contributed by atoms with Crippen LogP contribution in [0.3, 0.4) is 0 Å². The van der Waals surface area contributed by atoms with E-state index >= 15 is 0 Å². The van der Waals surface area contributed by atoms with Gasteiger partial charge in [-0.05, 0) is 37.0 Å². The number of sulfonamides is 1. The molecule has 2 rings (SSSR count). The SMILES string of the molecule is C#CCCCC(O)C(O)C(Cc1cc(F)cc(F)c1)NC(=O)c1coc(NS(C)(=O)=O)n1. The number of benzene rings is 1. The zero-order chi connectivity index (χ0) is 23.9. The smallest absolute Gasteiger partial charge is 0.309 e. The number of aromatic nitrogens is 1. The quantitative estimate of drug-likeness (QED) is 0.285. The molecule has 1 amide bonds. The first-order valence-electron chi connectivity index (χ1n) is 9.47.